The molecule has 2 aliphatic heterocycles. The smallest absolute Gasteiger partial charge is 0.0701 e. The summed E-state index contributed by atoms with van der Waals surface area (Å²) in [5.41, 5.74) is 0.952. The highest BCUT2D eigenvalue weighted by molar-refractivity contribution is 5.18. The lowest BCUT2D eigenvalue weighted by atomic mass is 9.44. The van der Waals surface area contributed by atoms with Gasteiger partial charge in [-0.1, -0.05) is 27.7 Å². The summed E-state index contributed by atoms with van der Waals surface area (Å²) >= 11 is 0. The summed E-state index contributed by atoms with van der Waals surface area (Å²) in [6.45, 7) is 11.3. The highest BCUT2D eigenvalue weighted by Crippen LogP contribution is 2.70. The molecule has 0 aromatic heterocycles. The molecule has 4 saturated carbocycles. The van der Waals surface area contributed by atoms with Crippen LogP contribution in [0.5, 0.6) is 0 Å². The summed E-state index contributed by atoms with van der Waals surface area (Å²) in [4.78, 5) is 2.80. The second kappa shape index (κ2) is 6.70. The summed E-state index contributed by atoms with van der Waals surface area (Å²) in [7, 11) is 0. The Morgan fingerprint density at radius 3 is 2.40 bits per heavy atom. The van der Waals surface area contributed by atoms with E-state index in [2.05, 4.69) is 32.6 Å². The first-order valence-electron chi connectivity index (χ1n) is 13.4. The first-order valence-corrected chi connectivity index (χ1v) is 13.4. The summed E-state index contributed by atoms with van der Waals surface area (Å²) in [6, 6.07) is 1.13. The molecule has 2 heterocycles. The maximum Gasteiger partial charge on any atom is 0.0701 e. The topological polar surface area (TPSA) is 43.7 Å². The number of nitrogens with zero attached hydrogens (tertiary/aromatic N) is 1. The van der Waals surface area contributed by atoms with Gasteiger partial charge in [-0.3, -0.25) is 4.90 Å². The number of hydrogen-bond donors (Lipinski definition) is 2. The third-order valence-corrected chi connectivity index (χ3v) is 12.2. The van der Waals surface area contributed by atoms with Gasteiger partial charge in [0.1, 0.15) is 0 Å². The lowest BCUT2D eigenvalue weighted by Crippen LogP contribution is -2.55. The van der Waals surface area contributed by atoms with Gasteiger partial charge in [-0.25, -0.2) is 0 Å². The third kappa shape index (κ3) is 2.55. The molecule has 13 atom stereocenters. The molecule has 6 fully saturated rings. The van der Waals surface area contributed by atoms with Crippen molar-refractivity contribution >= 4 is 0 Å². The summed E-state index contributed by atoms with van der Waals surface area (Å²) in [6.07, 6.45) is 11.2. The fraction of sp³-hybridized carbons (Fsp3) is 1.00. The van der Waals surface area contributed by atoms with E-state index >= 15 is 0 Å². The van der Waals surface area contributed by atoms with Crippen LogP contribution in [-0.2, 0) is 0 Å². The van der Waals surface area contributed by atoms with Gasteiger partial charge in [0.2, 0.25) is 0 Å². The standard InChI is InChI=1S/C27H45NO2/c1-15-11-23(30)25-16(2)24-22(28(25)14-15)13-21-19-6-5-17-12-18(29)7-9-26(17,3)20(19)8-10-27(21,24)4/h15-25,29-30H,5-14H2,1-4H3. The second-order valence-electron chi connectivity index (χ2n) is 13.4. The summed E-state index contributed by atoms with van der Waals surface area (Å²) < 4.78 is 0. The molecule has 30 heavy (non-hydrogen) atoms. The zero-order valence-electron chi connectivity index (χ0n) is 19.8. The molecule has 4 aliphatic carbocycles. The molecule has 3 nitrogen and oxygen atoms in total. The average Bonchev–Trinajstić information content (AvgIpc) is 3.15. The van der Waals surface area contributed by atoms with Gasteiger partial charge in [-0.15, -0.1) is 0 Å². The van der Waals surface area contributed by atoms with Gasteiger partial charge in [0.05, 0.1) is 12.2 Å². The molecule has 3 heteroatoms. The molecule has 0 aromatic rings. The maximum absolute atomic E-state index is 11.0. The van der Waals surface area contributed by atoms with Gasteiger partial charge in [0.25, 0.3) is 0 Å². The van der Waals surface area contributed by atoms with Gasteiger partial charge in [-0.2, -0.15) is 0 Å². The number of aliphatic hydroxyl groups excluding tert-OH is 2. The molecule has 0 radical (unpaired) electrons. The molecule has 2 N–H and O–H groups in total. The minimum absolute atomic E-state index is 0.0374. The van der Waals surface area contributed by atoms with Crippen molar-refractivity contribution in [2.45, 2.75) is 110 Å². The van der Waals surface area contributed by atoms with E-state index < -0.39 is 0 Å². The molecule has 0 aromatic carbocycles. The Kier molecular flexibility index (Phi) is 4.58. The van der Waals surface area contributed by atoms with Crippen molar-refractivity contribution in [1.29, 1.82) is 0 Å². The Morgan fingerprint density at radius 2 is 1.60 bits per heavy atom. The summed E-state index contributed by atoms with van der Waals surface area (Å²) in [5.74, 6) is 5.49. The Labute approximate surface area is 184 Å². The fourth-order valence-electron chi connectivity index (χ4n) is 11.1. The summed E-state index contributed by atoms with van der Waals surface area (Å²) in [5, 5.41) is 21.3. The minimum atomic E-state index is -0.115. The molecule has 0 bridgehead atoms. The van der Waals surface area contributed by atoms with E-state index in [4.69, 9.17) is 0 Å². The van der Waals surface area contributed by atoms with Crippen LogP contribution in [0.2, 0.25) is 0 Å². The monoisotopic (exact) mass is 415 g/mol. The van der Waals surface area contributed by atoms with Crippen molar-refractivity contribution in [1.82, 2.24) is 4.90 Å². The van der Waals surface area contributed by atoms with Crippen LogP contribution in [-0.4, -0.2) is 45.9 Å². The lowest BCUT2D eigenvalue weighted by Gasteiger charge is -2.61. The quantitative estimate of drug-likeness (QED) is 0.602. The Balaban J connectivity index is 1.30. The van der Waals surface area contributed by atoms with Crippen molar-refractivity contribution in [3.05, 3.63) is 0 Å². The maximum atomic E-state index is 11.0. The van der Waals surface area contributed by atoms with Crippen molar-refractivity contribution < 1.29 is 10.2 Å². The zero-order chi connectivity index (χ0) is 21.0. The number of piperidine rings is 1. The predicted molar refractivity (Wildman–Crippen MR) is 120 cm³/mol. The van der Waals surface area contributed by atoms with Crippen molar-refractivity contribution in [3.8, 4) is 0 Å². The molecule has 0 amide bonds. The van der Waals surface area contributed by atoms with E-state index in [0.717, 1.165) is 54.9 Å². The van der Waals surface area contributed by atoms with Crippen molar-refractivity contribution in [2.75, 3.05) is 6.54 Å². The number of rotatable bonds is 0. The van der Waals surface area contributed by atoms with E-state index in [9.17, 15) is 10.2 Å². The van der Waals surface area contributed by atoms with Crippen LogP contribution in [0, 0.1) is 52.3 Å². The largest absolute Gasteiger partial charge is 0.393 e. The van der Waals surface area contributed by atoms with Gasteiger partial charge >= 0.3 is 0 Å². The first kappa shape index (κ1) is 20.5. The molecular weight excluding hydrogens is 370 g/mol. The minimum Gasteiger partial charge on any atom is -0.393 e. The number of fused-ring (bicyclic) bond motifs is 9. The van der Waals surface area contributed by atoms with Gasteiger partial charge < -0.3 is 10.2 Å². The lowest BCUT2D eigenvalue weighted by molar-refractivity contribution is -0.130. The van der Waals surface area contributed by atoms with E-state index in [1.807, 2.05) is 0 Å². The fourth-order valence-corrected chi connectivity index (χ4v) is 11.1. The van der Waals surface area contributed by atoms with Crippen molar-refractivity contribution in [2.24, 2.45) is 52.3 Å². The van der Waals surface area contributed by atoms with Gasteiger partial charge in [-0.05, 0) is 110 Å². The third-order valence-electron chi connectivity index (χ3n) is 12.2. The van der Waals surface area contributed by atoms with E-state index in [1.165, 1.54) is 45.1 Å². The van der Waals surface area contributed by atoms with E-state index in [-0.39, 0.29) is 12.2 Å². The zero-order valence-corrected chi connectivity index (χ0v) is 19.8. The molecule has 2 saturated heterocycles. The molecule has 0 spiro atoms. The van der Waals surface area contributed by atoms with Crippen LogP contribution in [0.4, 0.5) is 0 Å². The molecule has 6 rings (SSSR count). The van der Waals surface area contributed by atoms with Crippen LogP contribution in [0.15, 0.2) is 0 Å². The highest BCUT2D eigenvalue weighted by atomic mass is 16.3. The van der Waals surface area contributed by atoms with E-state index in [1.54, 1.807) is 0 Å². The SMILES string of the molecule is CC1CC(O)C2C(C)C3C(CC4C5CCC6CC(O)CCC6(C)C5CCC43C)N2C1. The van der Waals surface area contributed by atoms with Gasteiger partial charge in [0.15, 0.2) is 0 Å². The Bertz CT molecular complexity index is 696. The van der Waals surface area contributed by atoms with Crippen LogP contribution in [0.1, 0.15) is 85.5 Å². The second-order valence-corrected chi connectivity index (χ2v) is 13.4. The molecule has 170 valence electrons. The first-order chi connectivity index (χ1) is 14.2. The predicted octanol–water partition coefficient (Wildman–Crippen LogP) is 4.71. The molecule has 13 unspecified atom stereocenters. The molecular formula is C27H45NO2. The average molecular weight is 416 g/mol. The Morgan fingerprint density at radius 1 is 0.833 bits per heavy atom. The van der Waals surface area contributed by atoms with Crippen LogP contribution >= 0.6 is 0 Å². The van der Waals surface area contributed by atoms with Crippen LogP contribution < -0.4 is 0 Å². The Hall–Kier alpha value is -0.120. The van der Waals surface area contributed by atoms with Crippen LogP contribution in [0.25, 0.3) is 0 Å². The number of hydrogen-bond acceptors (Lipinski definition) is 3. The number of aliphatic hydroxyl groups is 2. The normalized spacial score (nSPS) is 62.8. The van der Waals surface area contributed by atoms with Crippen molar-refractivity contribution in [3.63, 3.8) is 0 Å². The highest BCUT2D eigenvalue weighted by Gasteiger charge is 2.67. The van der Waals surface area contributed by atoms with Gasteiger partial charge in [0, 0.05) is 18.6 Å². The van der Waals surface area contributed by atoms with Crippen LogP contribution in [0.3, 0.4) is 0 Å². The van der Waals surface area contributed by atoms with E-state index in [0.29, 0.717) is 28.7 Å². The molecule has 6 aliphatic rings.